The molecular formula is C24H38ClN4O4Pd-3. The predicted octanol–water partition coefficient (Wildman–Crippen LogP) is 0.533. The summed E-state index contributed by atoms with van der Waals surface area (Å²) in [5.74, 6) is 0. The van der Waals surface area contributed by atoms with Gasteiger partial charge in [0.1, 0.15) is 0 Å². The molecule has 3 heterocycles. The first kappa shape index (κ1) is 35.2. The van der Waals surface area contributed by atoms with Gasteiger partial charge in [-0.25, -0.2) is 18.6 Å². The van der Waals surface area contributed by atoms with Crippen LogP contribution < -0.4 is 18.6 Å². The number of nitrogens with zero attached hydrogens (tertiary/aromatic N) is 4. The molecule has 4 bridgehead atoms. The van der Waals surface area contributed by atoms with E-state index in [9.17, 15) is 0 Å². The molecule has 0 aliphatic carbocycles. The Morgan fingerprint density at radius 1 is 0.618 bits per heavy atom. The first-order chi connectivity index (χ1) is 14.1. The second-order valence-electron chi connectivity index (χ2n) is 9.67. The van der Waals surface area contributed by atoms with E-state index in [1.165, 1.54) is 0 Å². The van der Waals surface area contributed by atoms with Gasteiger partial charge >= 0.3 is 0 Å². The van der Waals surface area contributed by atoms with Crippen LogP contribution in [0.15, 0.2) is 36.4 Å². The first-order valence-corrected chi connectivity index (χ1v) is 11.4. The quantitative estimate of drug-likeness (QED) is 0.323. The van der Waals surface area contributed by atoms with Gasteiger partial charge in [0, 0.05) is 57.7 Å². The molecule has 0 saturated carbocycles. The van der Waals surface area contributed by atoms with E-state index in [0.29, 0.717) is 0 Å². The van der Waals surface area contributed by atoms with Crippen molar-refractivity contribution in [3.05, 3.63) is 74.0 Å². The predicted molar refractivity (Wildman–Crippen MR) is 119 cm³/mol. The Labute approximate surface area is 221 Å². The molecule has 3 rings (SSSR count). The van der Waals surface area contributed by atoms with Crippen molar-refractivity contribution < 1.29 is 49.3 Å². The van der Waals surface area contributed by atoms with Gasteiger partial charge in [0.25, 0.3) is 0 Å². The molecule has 0 amide bonds. The average molecular weight is 588 g/mol. The van der Waals surface area contributed by atoms with Gasteiger partial charge in [0.15, 0.2) is 0 Å². The van der Waals surface area contributed by atoms with Crippen molar-refractivity contribution in [2.75, 3.05) is 0 Å². The van der Waals surface area contributed by atoms with E-state index < -0.39 is 10.2 Å². The second kappa shape index (κ2) is 13.9. The number of fused-ring (bicyclic) bond motifs is 4. The maximum atomic E-state index is 8.49. The van der Waals surface area contributed by atoms with E-state index in [2.05, 4.69) is 87.7 Å². The summed E-state index contributed by atoms with van der Waals surface area (Å²) in [6, 6.07) is 12.8. The molecule has 0 atom stereocenters. The van der Waals surface area contributed by atoms with Gasteiger partial charge in [0.2, 0.25) is 0 Å². The van der Waals surface area contributed by atoms with E-state index in [0.717, 1.165) is 49.0 Å². The molecule has 34 heavy (non-hydrogen) atoms. The minimum absolute atomic E-state index is 0. The summed E-state index contributed by atoms with van der Waals surface area (Å²) in [7, 11) is -4.94. The number of hydrogen-bond acceptors (Lipinski definition) is 8. The molecule has 198 valence electrons. The molecule has 0 fully saturated rings. The van der Waals surface area contributed by atoms with Gasteiger partial charge in [-0.05, 0) is 65.8 Å². The molecular weight excluding hydrogens is 550 g/mol. The zero-order valence-electron chi connectivity index (χ0n) is 21.4. The fraction of sp³-hybridized carbons (Fsp3) is 0.500. The van der Waals surface area contributed by atoms with Gasteiger partial charge < -0.3 is 14.9 Å². The second-order valence-corrected chi connectivity index (χ2v) is 10.4. The summed E-state index contributed by atoms with van der Waals surface area (Å²) in [5.41, 5.74) is 4.62. The van der Waals surface area contributed by atoms with Crippen molar-refractivity contribution in [2.24, 2.45) is 0 Å². The number of aromatic nitrogens is 2. The summed E-state index contributed by atoms with van der Waals surface area (Å²) in [4.78, 5) is 14.8. The number of pyridine rings is 2. The van der Waals surface area contributed by atoms with Crippen molar-refractivity contribution in [1.29, 1.82) is 0 Å². The third-order valence-corrected chi connectivity index (χ3v) is 5.04. The Morgan fingerprint density at radius 3 is 1.00 bits per heavy atom. The minimum Gasteiger partial charge on any atom is -0.358 e. The van der Waals surface area contributed by atoms with Crippen LogP contribution in [0.4, 0.5) is 0 Å². The molecule has 1 aliphatic heterocycles. The van der Waals surface area contributed by atoms with Crippen molar-refractivity contribution in [3.8, 4) is 0 Å². The smallest absolute Gasteiger partial charge is 0.0548 e. The van der Waals surface area contributed by atoms with Crippen molar-refractivity contribution in [2.45, 2.75) is 78.8 Å². The molecule has 10 heteroatoms. The van der Waals surface area contributed by atoms with Gasteiger partial charge in [-0.3, -0.25) is 19.8 Å². The molecule has 0 saturated heterocycles. The van der Waals surface area contributed by atoms with Crippen molar-refractivity contribution in [1.82, 2.24) is 19.8 Å². The normalized spacial score (nSPS) is 15.1. The minimum atomic E-state index is -4.94. The van der Waals surface area contributed by atoms with E-state index >= 15 is 0 Å². The van der Waals surface area contributed by atoms with E-state index in [-0.39, 0.29) is 46.4 Å². The monoisotopic (exact) mass is 587 g/mol. The Balaban J connectivity index is 0. The van der Waals surface area contributed by atoms with E-state index in [1.807, 2.05) is 0 Å². The maximum absolute atomic E-state index is 8.49. The fourth-order valence-corrected chi connectivity index (χ4v) is 3.25. The zero-order chi connectivity index (χ0) is 23.4. The maximum Gasteiger partial charge on any atom is 0.0548 e. The summed E-state index contributed by atoms with van der Waals surface area (Å²) >= 11 is 0. The van der Waals surface area contributed by atoms with E-state index in [1.54, 1.807) is 0 Å². The Bertz CT molecular complexity index is 753. The van der Waals surface area contributed by atoms with Crippen molar-refractivity contribution >= 4 is 0 Å². The Morgan fingerprint density at radius 2 is 0.824 bits per heavy atom. The van der Waals surface area contributed by atoms with Gasteiger partial charge in [-0.2, -0.15) is 0 Å². The van der Waals surface area contributed by atoms with Crippen LogP contribution in [0.1, 0.15) is 64.3 Å². The summed E-state index contributed by atoms with van der Waals surface area (Å²) in [5, 5.41) is 0. The SMILES string of the molecule is CC(C)(C)N1Cc2cccc(n2)CN(C(C)(C)C)Cc2cccc(n2)C1.[CH3-].[CH3-].[O-][Cl+3]([O-])([O-])[O-].[Pd]. The Kier molecular flexibility index (Phi) is 14.4. The largest absolute Gasteiger partial charge is 0.358 e. The molecule has 1 aliphatic rings. The van der Waals surface area contributed by atoms with Gasteiger partial charge in [0.05, 0.1) is 22.8 Å². The van der Waals surface area contributed by atoms with Crippen LogP contribution in [0.3, 0.4) is 0 Å². The topological polar surface area (TPSA) is 125 Å². The standard InChI is InChI=1S/C22H32N4.2CH3.ClHO4.Pd/c1-21(2,3)25-13-17-9-7-11-19(23-17)15-26(22(4,5)6)16-20-12-8-10-18(14-25)24-20;;;2-1(3,4)5;/h7-12H,13-16H2,1-6H3;2*1H3;(H,2,3,4,5);/q;2*-1;;/p-1. The summed E-state index contributed by atoms with van der Waals surface area (Å²) < 4.78 is 34.0. The van der Waals surface area contributed by atoms with Crippen LogP contribution in [0, 0.1) is 25.1 Å². The van der Waals surface area contributed by atoms with Crippen LogP contribution in [0.25, 0.3) is 0 Å². The first-order valence-electron chi connectivity index (χ1n) is 10.1. The Hall–Kier alpha value is -0.988. The van der Waals surface area contributed by atoms with Gasteiger partial charge in [-0.15, -0.1) is 10.2 Å². The molecule has 0 radical (unpaired) electrons. The molecule has 0 spiro atoms. The summed E-state index contributed by atoms with van der Waals surface area (Å²) in [6.07, 6.45) is 0. The molecule has 0 unspecified atom stereocenters. The fourth-order valence-electron chi connectivity index (χ4n) is 3.25. The van der Waals surface area contributed by atoms with Crippen LogP contribution >= 0.6 is 0 Å². The average Bonchev–Trinajstić information content (AvgIpc) is 2.58. The molecule has 0 aromatic carbocycles. The number of hydrogen-bond donors (Lipinski definition) is 0. The van der Waals surface area contributed by atoms with Crippen LogP contribution in [0.5, 0.6) is 0 Å². The molecule has 2 aromatic heterocycles. The third-order valence-electron chi connectivity index (χ3n) is 5.04. The van der Waals surface area contributed by atoms with Crippen LogP contribution in [0.2, 0.25) is 0 Å². The van der Waals surface area contributed by atoms with E-state index in [4.69, 9.17) is 28.6 Å². The molecule has 2 aromatic rings. The molecule has 0 N–H and O–H groups in total. The molecule has 8 nitrogen and oxygen atoms in total. The number of rotatable bonds is 0. The zero-order valence-corrected chi connectivity index (χ0v) is 23.7. The summed E-state index contributed by atoms with van der Waals surface area (Å²) in [6.45, 7) is 16.9. The van der Waals surface area contributed by atoms with Crippen molar-refractivity contribution in [3.63, 3.8) is 0 Å². The number of halogens is 1. The van der Waals surface area contributed by atoms with Gasteiger partial charge in [-0.1, -0.05) is 12.1 Å². The third kappa shape index (κ3) is 12.6. The van der Waals surface area contributed by atoms with Crippen LogP contribution in [-0.2, 0) is 46.6 Å². The van der Waals surface area contributed by atoms with Crippen LogP contribution in [-0.4, -0.2) is 30.8 Å².